The number of carbonyl (C=O) groups excluding carboxylic acids is 1. The Morgan fingerprint density at radius 2 is 1.89 bits per heavy atom. The molecule has 0 saturated heterocycles. The SMILES string of the molecule is O=C(CSc1nc2ccccc2[nH]1)N(Cc1ccccc1)[C@H]1C=CS(=O)(=O)C1. The number of hydrogen-bond donors (Lipinski definition) is 1. The van der Waals surface area contributed by atoms with E-state index in [4.69, 9.17) is 0 Å². The molecule has 1 aromatic heterocycles. The van der Waals surface area contributed by atoms with Gasteiger partial charge in [0.05, 0.1) is 28.6 Å². The molecule has 2 aromatic carbocycles. The molecular weight excluding hydrogens is 394 g/mol. The van der Waals surface area contributed by atoms with Crippen molar-refractivity contribution in [3.05, 3.63) is 71.6 Å². The van der Waals surface area contributed by atoms with Gasteiger partial charge in [-0.05, 0) is 23.8 Å². The number of sulfone groups is 1. The van der Waals surface area contributed by atoms with Crippen molar-refractivity contribution in [3.63, 3.8) is 0 Å². The van der Waals surface area contributed by atoms with Crippen molar-refractivity contribution in [1.29, 1.82) is 0 Å². The van der Waals surface area contributed by atoms with Gasteiger partial charge < -0.3 is 9.88 Å². The third kappa shape index (κ3) is 4.28. The summed E-state index contributed by atoms with van der Waals surface area (Å²) in [6.07, 6.45) is 1.60. The van der Waals surface area contributed by atoms with Crippen LogP contribution in [0, 0.1) is 0 Å². The number of nitrogens with one attached hydrogen (secondary N) is 1. The molecule has 0 unspecified atom stereocenters. The van der Waals surface area contributed by atoms with Gasteiger partial charge >= 0.3 is 0 Å². The monoisotopic (exact) mass is 413 g/mol. The quantitative estimate of drug-likeness (QED) is 0.628. The number of thioether (sulfide) groups is 1. The first-order chi connectivity index (χ1) is 13.5. The molecule has 6 nitrogen and oxygen atoms in total. The summed E-state index contributed by atoms with van der Waals surface area (Å²) < 4.78 is 23.7. The van der Waals surface area contributed by atoms with Crippen molar-refractivity contribution in [3.8, 4) is 0 Å². The minimum absolute atomic E-state index is 0.0686. The van der Waals surface area contributed by atoms with Crippen molar-refractivity contribution in [2.75, 3.05) is 11.5 Å². The van der Waals surface area contributed by atoms with Crippen LogP contribution in [0.1, 0.15) is 5.56 Å². The van der Waals surface area contributed by atoms with E-state index in [0.717, 1.165) is 16.6 Å². The zero-order chi connectivity index (χ0) is 19.6. The first-order valence-electron chi connectivity index (χ1n) is 8.82. The van der Waals surface area contributed by atoms with E-state index < -0.39 is 15.9 Å². The molecule has 144 valence electrons. The van der Waals surface area contributed by atoms with Crippen LogP contribution in [0.5, 0.6) is 0 Å². The zero-order valence-electron chi connectivity index (χ0n) is 15.0. The topological polar surface area (TPSA) is 83.1 Å². The van der Waals surface area contributed by atoms with Gasteiger partial charge in [-0.1, -0.05) is 54.2 Å². The molecule has 1 N–H and O–H groups in total. The molecule has 0 spiro atoms. The molecule has 28 heavy (non-hydrogen) atoms. The van der Waals surface area contributed by atoms with Gasteiger partial charge in [-0.25, -0.2) is 13.4 Å². The van der Waals surface area contributed by atoms with Crippen LogP contribution >= 0.6 is 11.8 Å². The number of benzene rings is 2. The normalized spacial score (nSPS) is 17.8. The van der Waals surface area contributed by atoms with E-state index in [9.17, 15) is 13.2 Å². The molecular formula is C20H19N3O3S2. The number of imidazole rings is 1. The van der Waals surface area contributed by atoms with Crippen molar-refractivity contribution in [2.24, 2.45) is 0 Å². The fraction of sp³-hybridized carbons (Fsp3) is 0.200. The number of fused-ring (bicyclic) bond motifs is 1. The van der Waals surface area contributed by atoms with E-state index in [1.807, 2.05) is 54.6 Å². The zero-order valence-corrected chi connectivity index (χ0v) is 16.6. The van der Waals surface area contributed by atoms with Crippen LogP contribution in [-0.2, 0) is 21.2 Å². The van der Waals surface area contributed by atoms with Gasteiger partial charge in [-0.3, -0.25) is 4.79 Å². The molecule has 1 aliphatic heterocycles. The summed E-state index contributed by atoms with van der Waals surface area (Å²) in [7, 11) is -3.25. The van der Waals surface area contributed by atoms with Gasteiger partial charge in [0.1, 0.15) is 0 Å². The highest BCUT2D eigenvalue weighted by Gasteiger charge is 2.30. The number of para-hydroxylation sites is 2. The van der Waals surface area contributed by atoms with E-state index in [1.54, 1.807) is 11.0 Å². The second-order valence-corrected chi connectivity index (χ2v) is 9.48. The highest BCUT2D eigenvalue weighted by molar-refractivity contribution is 7.99. The van der Waals surface area contributed by atoms with E-state index in [0.29, 0.717) is 11.7 Å². The van der Waals surface area contributed by atoms with E-state index in [-0.39, 0.29) is 17.4 Å². The van der Waals surface area contributed by atoms with Crippen molar-refractivity contribution < 1.29 is 13.2 Å². The van der Waals surface area contributed by atoms with Crippen LogP contribution in [0.25, 0.3) is 11.0 Å². The Hall–Kier alpha value is -2.58. The van der Waals surface area contributed by atoms with Gasteiger partial charge in [0.15, 0.2) is 15.0 Å². The predicted molar refractivity (Wildman–Crippen MR) is 111 cm³/mol. The van der Waals surface area contributed by atoms with E-state index >= 15 is 0 Å². The molecule has 0 aliphatic carbocycles. The molecule has 2 heterocycles. The molecule has 4 rings (SSSR count). The minimum Gasteiger partial charge on any atom is -0.333 e. The lowest BCUT2D eigenvalue weighted by atomic mass is 10.2. The molecule has 0 bridgehead atoms. The van der Waals surface area contributed by atoms with Gasteiger partial charge in [0, 0.05) is 12.0 Å². The average molecular weight is 414 g/mol. The lowest BCUT2D eigenvalue weighted by Crippen LogP contribution is -2.41. The summed E-state index contributed by atoms with van der Waals surface area (Å²) in [5.74, 6) is -0.0150. The predicted octanol–water partition coefficient (Wildman–Crippen LogP) is 2.99. The van der Waals surface area contributed by atoms with E-state index in [2.05, 4.69) is 9.97 Å². The van der Waals surface area contributed by atoms with Gasteiger partial charge in [0.25, 0.3) is 0 Å². The van der Waals surface area contributed by atoms with Crippen LogP contribution in [0.15, 0.2) is 71.2 Å². The molecule has 0 radical (unpaired) electrons. The smallest absolute Gasteiger partial charge is 0.233 e. The molecule has 0 fully saturated rings. The average Bonchev–Trinajstić information content (AvgIpc) is 3.27. The molecule has 1 atom stereocenters. The Bertz CT molecular complexity index is 1090. The van der Waals surface area contributed by atoms with Crippen LogP contribution in [0.3, 0.4) is 0 Å². The number of aromatic amines is 1. The Labute approximate surface area is 167 Å². The lowest BCUT2D eigenvalue weighted by molar-refractivity contribution is -0.130. The largest absolute Gasteiger partial charge is 0.333 e. The molecule has 0 saturated carbocycles. The van der Waals surface area contributed by atoms with Crippen molar-refractivity contribution >= 4 is 38.5 Å². The Kier molecular flexibility index (Phi) is 5.23. The summed E-state index contributed by atoms with van der Waals surface area (Å²) in [6, 6.07) is 16.8. The van der Waals surface area contributed by atoms with Crippen molar-refractivity contribution in [2.45, 2.75) is 17.7 Å². The summed E-state index contributed by atoms with van der Waals surface area (Å²) in [4.78, 5) is 22.3. The lowest BCUT2D eigenvalue weighted by Gasteiger charge is -2.27. The summed E-state index contributed by atoms with van der Waals surface area (Å²) >= 11 is 1.32. The highest BCUT2D eigenvalue weighted by Crippen LogP contribution is 2.22. The summed E-state index contributed by atoms with van der Waals surface area (Å²) in [5.41, 5.74) is 2.73. The second-order valence-electron chi connectivity index (χ2n) is 6.58. The molecule has 1 amide bonds. The number of rotatable bonds is 6. The molecule has 1 aliphatic rings. The maximum Gasteiger partial charge on any atom is 0.233 e. The van der Waals surface area contributed by atoms with Crippen molar-refractivity contribution in [1.82, 2.24) is 14.9 Å². The highest BCUT2D eigenvalue weighted by atomic mass is 32.2. The molecule has 3 aromatic rings. The molecule has 8 heteroatoms. The maximum absolute atomic E-state index is 13.0. The Balaban J connectivity index is 1.50. The van der Waals surface area contributed by atoms with Gasteiger partial charge in [-0.2, -0.15) is 0 Å². The maximum atomic E-state index is 13.0. The first-order valence-corrected chi connectivity index (χ1v) is 11.5. The third-order valence-electron chi connectivity index (χ3n) is 4.53. The number of hydrogen-bond acceptors (Lipinski definition) is 5. The number of nitrogens with zero attached hydrogens (tertiary/aromatic N) is 2. The fourth-order valence-electron chi connectivity index (χ4n) is 3.13. The number of H-pyrrole nitrogens is 1. The Morgan fingerprint density at radius 1 is 1.14 bits per heavy atom. The Morgan fingerprint density at radius 3 is 2.61 bits per heavy atom. The van der Waals surface area contributed by atoms with Crippen LogP contribution in [0.4, 0.5) is 0 Å². The van der Waals surface area contributed by atoms with Crippen LogP contribution in [0.2, 0.25) is 0 Å². The van der Waals surface area contributed by atoms with Crippen LogP contribution in [-0.4, -0.2) is 46.7 Å². The standard InChI is InChI=1S/C20H19N3O3S2/c24-19(13-27-20-21-17-8-4-5-9-18(17)22-20)23(12-15-6-2-1-3-7-15)16-10-11-28(25,26)14-16/h1-11,16H,12-14H2,(H,21,22)/t16-/m0/s1. The second kappa shape index (κ2) is 7.81. The van der Waals surface area contributed by atoms with E-state index in [1.165, 1.54) is 17.2 Å². The van der Waals surface area contributed by atoms with Gasteiger partial charge in [-0.15, -0.1) is 0 Å². The van der Waals surface area contributed by atoms with Gasteiger partial charge in [0.2, 0.25) is 5.91 Å². The number of carbonyl (C=O) groups is 1. The third-order valence-corrected chi connectivity index (χ3v) is 6.76. The fourth-order valence-corrected chi connectivity index (χ4v) is 5.20. The van der Waals surface area contributed by atoms with Crippen LogP contribution < -0.4 is 0 Å². The summed E-state index contributed by atoms with van der Waals surface area (Å²) in [5, 5.41) is 1.87. The minimum atomic E-state index is -3.25. The number of aromatic nitrogens is 2. The first kappa shape index (κ1) is 18.8. The summed E-state index contributed by atoms with van der Waals surface area (Å²) in [6.45, 7) is 0.366. The number of amides is 1.